The fraction of sp³-hybridized carbons (Fsp3) is 0.158. The highest BCUT2D eigenvalue weighted by molar-refractivity contribution is 7.16. The summed E-state index contributed by atoms with van der Waals surface area (Å²) >= 11 is 2.81. The summed E-state index contributed by atoms with van der Waals surface area (Å²) in [6.07, 6.45) is 1.67. The number of amides is 1. The SMILES string of the molecule is Cc1ccc(-c2csc(NC(=O)CCn3cnc4sccc4c3=O)n2)cc1. The molecule has 0 spiro atoms. The minimum atomic E-state index is -0.183. The number of aryl methyl sites for hydroxylation is 2. The van der Waals surface area contributed by atoms with E-state index >= 15 is 0 Å². The van der Waals surface area contributed by atoms with Crippen molar-refractivity contribution in [3.63, 3.8) is 0 Å². The Morgan fingerprint density at radius 3 is 2.81 bits per heavy atom. The van der Waals surface area contributed by atoms with E-state index in [0.29, 0.717) is 15.3 Å². The molecule has 3 aromatic heterocycles. The van der Waals surface area contributed by atoms with E-state index in [4.69, 9.17) is 0 Å². The third kappa shape index (κ3) is 3.81. The topological polar surface area (TPSA) is 76.9 Å². The van der Waals surface area contributed by atoms with Gasteiger partial charge < -0.3 is 5.32 Å². The van der Waals surface area contributed by atoms with Gasteiger partial charge in [-0.1, -0.05) is 29.8 Å². The lowest BCUT2D eigenvalue weighted by atomic mass is 10.1. The molecule has 0 bridgehead atoms. The molecule has 3 heterocycles. The van der Waals surface area contributed by atoms with Gasteiger partial charge in [0, 0.05) is 23.9 Å². The molecular formula is C19H16N4O2S2. The van der Waals surface area contributed by atoms with Gasteiger partial charge in [0.1, 0.15) is 4.83 Å². The van der Waals surface area contributed by atoms with Crippen LogP contribution in [0.1, 0.15) is 12.0 Å². The summed E-state index contributed by atoms with van der Waals surface area (Å²) in [6, 6.07) is 9.84. The molecule has 4 rings (SSSR count). The molecule has 4 aromatic rings. The normalized spacial score (nSPS) is 11.0. The Bertz CT molecular complexity index is 1160. The maximum Gasteiger partial charge on any atom is 0.262 e. The molecule has 8 heteroatoms. The Morgan fingerprint density at radius 2 is 2.00 bits per heavy atom. The summed E-state index contributed by atoms with van der Waals surface area (Å²) in [4.78, 5) is 34.0. The predicted octanol–water partition coefficient (Wildman–Crippen LogP) is 3.92. The first-order chi connectivity index (χ1) is 13.1. The highest BCUT2D eigenvalue weighted by atomic mass is 32.1. The van der Waals surface area contributed by atoms with Crippen LogP contribution in [-0.4, -0.2) is 20.4 Å². The Labute approximate surface area is 163 Å². The first-order valence-corrected chi connectivity index (χ1v) is 10.1. The average Bonchev–Trinajstić information content (AvgIpc) is 3.31. The van der Waals surface area contributed by atoms with Gasteiger partial charge in [0.05, 0.1) is 17.4 Å². The van der Waals surface area contributed by atoms with E-state index in [2.05, 4.69) is 15.3 Å². The fourth-order valence-electron chi connectivity index (χ4n) is 2.64. The lowest BCUT2D eigenvalue weighted by Gasteiger charge is -2.05. The van der Waals surface area contributed by atoms with E-state index in [1.54, 1.807) is 6.07 Å². The number of hydrogen-bond acceptors (Lipinski definition) is 6. The standard InChI is InChI=1S/C19H16N4O2S2/c1-12-2-4-13(5-3-12)15-10-27-19(21-15)22-16(24)6-8-23-11-20-17-14(18(23)25)7-9-26-17/h2-5,7,9-11H,6,8H2,1H3,(H,21,22,24). The van der Waals surface area contributed by atoms with Crippen LogP contribution < -0.4 is 10.9 Å². The predicted molar refractivity (Wildman–Crippen MR) is 109 cm³/mol. The largest absolute Gasteiger partial charge is 0.302 e. The van der Waals surface area contributed by atoms with Crippen LogP contribution in [0.15, 0.2) is 52.2 Å². The van der Waals surface area contributed by atoms with Crippen molar-refractivity contribution in [2.45, 2.75) is 19.9 Å². The zero-order valence-electron chi connectivity index (χ0n) is 14.5. The summed E-state index contributed by atoms with van der Waals surface area (Å²) < 4.78 is 1.47. The molecule has 0 aliphatic rings. The molecule has 27 heavy (non-hydrogen) atoms. The van der Waals surface area contributed by atoms with Crippen molar-refractivity contribution in [1.82, 2.24) is 14.5 Å². The van der Waals surface area contributed by atoms with Crippen molar-refractivity contribution in [3.8, 4) is 11.3 Å². The van der Waals surface area contributed by atoms with Gasteiger partial charge in [0.2, 0.25) is 5.91 Å². The maximum absolute atomic E-state index is 12.3. The molecule has 0 aliphatic heterocycles. The smallest absolute Gasteiger partial charge is 0.262 e. The first-order valence-electron chi connectivity index (χ1n) is 8.35. The van der Waals surface area contributed by atoms with Crippen molar-refractivity contribution in [2.75, 3.05) is 5.32 Å². The third-order valence-corrected chi connectivity index (χ3v) is 5.71. The lowest BCUT2D eigenvalue weighted by molar-refractivity contribution is -0.116. The molecule has 1 aromatic carbocycles. The minimum Gasteiger partial charge on any atom is -0.302 e. The number of thiophene rings is 1. The number of nitrogens with one attached hydrogen (secondary N) is 1. The second-order valence-corrected chi connectivity index (χ2v) is 7.84. The van der Waals surface area contributed by atoms with Crippen LogP contribution in [-0.2, 0) is 11.3 Å². The fourth-order valence-corrected chi connectivity index (χ4v) is 4.10. The third-order valence-electron chi connectivity index (χ3n) is 4.13. The van der Waals surface area contributed by atoms with Crippen molar-refractivity contribution in [3.05, 3.63) is 63.3 Å². The number of fused-ring (bicyclic) bond motifs is 1. The maximum atomic E-state index is 12.3. The van der Waals surface area contributed by atoms with Gasteiger partial charge >= 0.3 is 0 Å². The number of thiazole rings is 1. The van der Waals surface area contributed by atoms with Gasteiger partial charge in [-0.05, 0) is 18.4 Å². The monoisotopic (exact) mass is 396 g/mol. The molecule has 1 amide bonds. The number of rotatable bonds is 5. The summed E-state index contributed by atoms with van der Waals surface area (Å²) in [5.41, 5.74) is 2.91. The second kappa shape index (κ2) is 7.42. The quantitative estimate of drug-likeness (QED) is 0.555. The number of hydrogen-bond donors (Lipinski definition) is 1. The molecule has 0 radical (unpaired) electrons. The molecule has 0 atom stereocenters. The van der Waals surface area contributed by atoms with Gasteiger partial charge in [0.15, 0.2) is 5.13 Å². The molecular weight excluding hydrogens is 380 g/mol. The van der Waals surface area contributed by atoms with Gasteiger partial charge in [-0.2, -0.15) is 0 Å². The average molecular weight is 396 g/mol. The number of nitrogens with zero attached hydrogens (tertiary/aromatic N) is 3. The Kier molecular flexibility index (Phi) is 4.83. The summed E-state index contributed by atoms with van der Waals surface area (Å²) in [5.74, 6) is -0.183. The number of carbonyl (C=O) groups is 1. The first kappa shape index (κ1) is 17.6. The van der Waals surface area contributed by atoms with E-state index in [-0.39, 0.29) is 24.4 Å². The molecule has 0 aliphatic carbocycles. The van der Waals surface area contributed by atoms with Crippen molar-refractivity contribution < 1.29 is 4.79 Å². The zero-order chi connectivity index (χ0) is 18.8. The van der Waals surface area contributed by atoms with Crippen molar-refractivity contribution in [2.24, 2.45) is 0 Å². The molecule has 0 saturated carbocycles. The Morgan fingerprint density at radius 1 is 1.19 bits per heavy atom. The van der Waals surface area contributed by atoms with Crippen LogP contribution in [0.4, 0.5) is 5.13 Å². The molecule has 0 unspecified atom stereocenters. The summed E-state index contributed by atoms with van der Waals surface area (Å²) in [5, 5.41) is 7.69. The molecule has 136 valence electrons. The summed E-state index contributed by atoms with van der Waals surface area (Å²) in [6.45, 7) is 2.31. The van der Waals surface area contributed by atoms with E-state index in [9.17, 15) is 9.59 Å². The van der Waals surface area contributed by atoms with Gasteiger partial charge in [-0.15, -0.1) is 22.7 Å². The molecule has 6 nitrogen and oxygen atoms in total. The minimum absolute atomic E-state index is 0.120. The Balaban J connectivity index is 1.40. The van der Waals surface area contributed by atoms with Crippen LogP contribution in [0.5, 0.6) is 0 Å². The number of benzene rings is 1. The van der Waals surface area contributed by atoms with Gasteiger partial charge in [-0.25, -0.2) is 9.97 Å². The van der Waals surface area contributed by atoms with Gasteiger partial charge in [0.25, 0.3) is 5.56 Å². The number of anilines is 1. The molecule has 1 N–H and O–H groups in total. The zero-order valence-corrected chi connectivity index (χ0v) is 16.1. The lowest BCUT2D eigenvalue weighted by Crippen LogP contribution is -2.23. The van der Waals surface area contributed by atoms with E-state index < -0.39 is 0 Å². The molecule has 0 fully saturated rings. The van der Waals surface area contributed by atoms with Crippen LogP contribution in [0, 0.1) is 6.92 Å². The van der Waals surface area contributed by atoms with Crippen molar-refractivity contribution >= 4 is 43.9 Å². The van der Waals surface area contributed by atoms with Crippen LogP contribution in [0.3, 0.4) is 0 Å². The Hall–Kier alpha value is -2.84. The van der Waals surface area contributed by atoms with E-state index in [0.717, 1.165) is 11.3 Å². The van der Waals surface area contributed by atoms with Crippen LogP contribution in [0.25, 0.3) is 21.5 Å². The van der Waals surface area contributed by atoms with Gasteiger partial charge in [-0.3, -0.25) is 14.2 Å². The summed E-state index contributed by atoms with van der Waals surface area (Å²) in [7, 11) is 0. The highest BCUT2D eigenvalue weighted by Crippen LogP contribution is 2.25. The number of aromatic nitrogens is 3. The van der Waals surface area contributed by atoms with Crippen LogP contribution in [0.2, 0.25) is 0 Å². The molecule has 0 saturated heterocycles. The number of carbonyl (C=O) groups excluding carboxylic acids is 1. The van der Waals surface area contributed by atoms with Crippen molar-refractivity contribution in [1.29, 1.82) is 0 Å². The van der Waals surface area contributed by atoms with E-state index in [1.165, 1.54) is 39.1 Å². The van der Waals surface area contributed by atoms with Crippen LogP contribution >= 0.6 is 22.7 Å². The second-order valence-electron chi connectivity index (χ2n) is 6.08. The highest BCUT2D eigenvalue weighted by Gasteiger charge is 2.10. The van der Waals surface area contributed by atoms with E-state index in [1.807, 2.05) is 41.9 Å².